The Hall–Kier alpha value is -0.770. The van der Waals surface area contributed by atoms with Gasteiger partial charge in [0.25, 0.3) is 0 Å². The molecule has 16 heavy (non-hydrogen) atoms. The summed E-state index contributed by atoms with van der Waals surface area (Å²) in [5, 5.41) is 1.13. The van der Waals surface area contributed by atoms with Crippen LogP contribution in [0.15, 0.2) is 18.2 Å². The smallest absolute Gasteiger partial charge is 0.242 e. The second kappa shape index (κ2) is 4.24. The largest absolute Gasteiger partial charge is 0.332 e. The summed E-state index contributed by atoms with van der Waals surface area (Å²) in [6.45, 7) is 2.55. The van der Waals surface area contributed by atoms with Crippen LogP contribution in [0.5, 0.6) is 0 Å². The molecule has 0 bridgehead atoms. The van der Waals surface area contributed by atoms with Crippen LogP contribution in [0.4, 0.5) is 0 Å². The summed E-state index contributed by atoms with van der Waals surface area (Å²) in [6.07, 6.45) is 0. The first-order chi connectivity index (χ1) is 7.56. The van der Waals surface area contributed by atoms with E-state index >= 15 is 0 Å². The molecule has 1 aliphatic heterocycles. The molecule has 0 unspecified atom stereocenters. The van der Waals surface area contributed by atoms with Gasteiger partial charge in [-0.2, -0.15) is 0 Å². The molecule has 1 aliphatic rings. The molecule has 5 heteroatoms. The third-order valence-corrected chi connectivity index (χ3v) is 3.43. The number of carbonyl (C=O) groups is 1. The number of hydrogen-bond acceptors (Lipinski definition) is 2. The third-order valence-electron chi connectivity index (χ3n) is 2.87. The van der Waals surface area contributed by atoms with E-state index in [-0.39, 0.29) is 11.9 Å². The summed E-state index contributed by atoms with van der Waals surface area (Å²) in [5.41, 5.74) is 6.65. The molecule has 0 spiro atoms. The number of carbonyl (C=O) groups excluding carboxylic acids is 1. The van der Waals surface area contributed by atoms with Crippen LogP contribution in [0.2, 0.25) is 10.0 Å². The summed E-state index contributed by atoms with van der Waals surface area (Å²) in [6, 6.07) is 4.64. The van der Waals surface area contributed by atoms with Crippen molar-refractivity contribution in [3.05, 3.63) is 33.8 Å². The van der Waals surface area contributed by atoms with Crippen LogP contribution in [-0.4, -0.2) is 23.4 Å². The molecule has 3 nitrogen and oxygen atoms in total. The fraction of sp³-hybridized carbons (Fsp3) is 0.364. The number of nitrogens with zero attached hydrogens (tertiary/aromatic N) is 1. The highest BCUT2D eigenvalue weighted by atomic mass is 35.5. The molecule has 1 heterocycles. The maximum absolute atomic E-state index is 11.5. The number of benzene rings is 1. The predicted molar refractivity (Wildman–Crippen MR) is 64.6 cm³/mol. The van der Waals surface area contributed by atoms with E-state index < -0.39 is 6.04 Å². The molecular formula is C11H12Cl2N2O. The van der Waals surface area contributed by atoms with E-state index in [4.69, 9.17) is 28.9 Å². The van der Waals surface area contributed by atoms with Crippen LogP contribution in [0.3, 0.4) is 0 Å². The van der Waals surface area contributed by atoms with Gasteiger partial charge < -0.3 is 10.6 Å². The fourth-order valence-electron chi connectivity index (χ4n) is 2.03. The molecular weight excluding hydrogens is 247 g/mol. The van der Waals surface area contributed by atoms with E-state index in [9.17, 15) is 4.79 Å². The van der Waals surface area contributed by atoms with Crippen molar-refractivity contribution in [3.8, 4) is 0 Å². The topological polar surface area (TPSA) is 46.3 Å². The minimum Gasteiger partial charge on any atom is -0.332 e. The predicted octanol–water partition coefficient (Wildman–Crippen LogP) is 2.22. The average molecular weight is 259 g/mol. The van der Waals surface area contributed by atoms with Gasteiger partial charge in [0.05, 0.1) is 6.04 Å². The van der Waals surface area contributed by atoms with Gasteiger partial charge in [0.1, 0.15) is 6.04 Å². The van der Waals surface area contributed by atoms with E-state index in [2.05, 4.69) is 0 Å². The summed E-state index contributed by atoms with van der Waals surface area (Å²) in [5.74, 6) is -0.0292. The van der Waals surface area contributed by atoms with Gasteiger partial charge in [0, 0.05) is 16.6 Å². The Balaban J connectivity index is 2.34. The number of likely N-dealkylation sites (tertiary alicyclic amines) is 1. The third kappa shape index (κ3) is 1.69. The van der Waals surface area contributed by atoms with E-state index in [1.54, 1.807) is 17.0 Å². The van der Waals surface area contributed by atoms with Crippen LogP contribution in [0.25, 0.3) is 0 Å². The lowest BCUT2D eigenvalue weighted by Gasteiger charge is -2.45. The molecule has 2 N–H and O–H groups in total. The number of hydrogen-bond donors (Lipinski definition) is 1. The Morgan fingerprint density at radius 3 is 2.69 bits per heavy atom. The fourth-order valence-corrected chi connectivity index (χ4v) is 2.55. The van der Waals surface area contributed by atoms with Crippen LogP contribution < -0.4 is 5.73 Å². The van der Waals surface area contributed by atoms with Crippen molar-refractivity contribution in [1.82, 2.24) is 4.90 Å². The highest BCUT2D eigenvalue weighted by Crippen LogP contribution is 2.37. The molecule has 1 aromatic rings. The number of rotatable bonds is 2. The molecule has 1 fully saturated rings. The SMILES string of the molecule is CCN1C(=O)[C@@H](N)[C@H]1c1ccc(Cl)cc1Cl. The zero-order valence-electron chi connectivity index (χ0n) is 8.78. The highest BCUT2D eigenvalue weighted by Gasteiger charge is 2.45. The first-order valence-electron chi connectivity index (χ1n) is 5.07. The number of amides is 1. The number of β-lactam (4-membered cyclic amide) rings is 1. The quantitative estimate of drug-likeness (QED) is 0.828. The minimum atomic E-state index is -0.487. The minimum absolute atomic E-state index is 0.0292. The second-order valence-electron chi connectivity index (χ2n) is 3.76. The lowest BCUT2D eigenvalue weighted by Crippen LogP contribution is -2.62. The van der Waals surface area contributed by atoms with E-state index in [0.29, 0.717) is 16.6 Å². The zero-order valence-corrected chi connectivity index (χ0v) is 10.3. The first kappa shape index (κ1) is 11.7. The summed E-state index contributed by atoms with van der Waals surface area (Å²) in [7, 11) is 0. The molecule has 2 atom stereocenters. The van der Waals surface area contributed by atoms with Crippen LogP contribution in [-0.2, 0) is 4.79 Å². The van der Waals surface area contributed by atoms with Crippen LogP contribution >= 0.6 is 23.2 Å². The molecule has 1 saturated heterocycles. The van der Waals surface area contributed by atoms with Crippen molar-refractivity contribution in [2.24, 2.45) is 5.73 Å². The molecule has 0 aromatic heterocycles. The van der Waals surface area contributed by atoms with Gasteiger partial charge >= 0.3 is 0 Å². The van der Waals surface area contributed by atoms with Gasteiger partial charge in [-0.3, -0.25) is 4.79 Å². The average Bonchev–Trinajstić information content (AvgIpc) is 2.26. The number of nitrogens with two attached hydrogens (primary N) is 1. The van der Waals surface area contributed by atoms with Gasteiger partial charge in [-0.25, -0.2) is 0 Å². The molecule has 2 rings (SSSR count). The van der Waals surface area contributed by atoms with Gasteiger partial charge in [-0.15, -0.1) is 0 Å². The van der Waals surface area contributed by atoms with Crippen molar-refractivity contribution < 1.29 is 4.79 Å². The number of halogens is 2. The van der Waals surface area contributed by atoms with E-state index in [1.807, 2.05) is 13.0 Å². The van der Waals surface area contributed by atoms with E-state index in [0.717, 1.165) is 5.56 Å². The number of likely N-dealkylation sites (N-methyl/N-ethyl adjacent to an activating group) is 1. The van der Waals surface area contributed by atoms with Crippen LogP contribution in [0, 0.1) is 0 Å². The zero-order chi connectivity index (χ0) is 11.9. The Kier molecular flexibility index (Phi) is 3.10. The summed E-state index contributed by atoms with van der Waals surface area (Å²) >= 11 is 11.9. The normalized spacial score (nSPS) is 24.5. The second-order valence-corrected chi connectivity index (χ2v) is 4.60. The Morgan fingerprint density at radius 2 is 2.12 bits per heavy atom. The van der Waals surface area contributed by atoms with Gasteiger partial charge in [0.15, 0.2) is 0 Å². The van der Waals surface area contributed by atoms with Gasteiger partial charge in [-0.05, 0) is 24.6 Å². The standard InChI is InChI=1S/C11H12Cl2N2O/c1-2-15-10(9(14)11(15)16)7-4-3-6(12)5-8(7)13/h3-5,9-10H,2,14H2,1H3/t9-,10+/m0/s1. The highest BCUT2D eigenvalue weighted by molar-refractivity contribution is 6.35. The van der Waals surface area contributed by atoms with Crippen molar-refractivity contribution in [1.29, 1.82) is 0 Å². The molecule has 86 valence electrons. The van der Waals surface area contributed by atoms with Crippen molar-refractivity contribution >= 4 is 29.1 Å². The van der Waals surface area contributed by atoms with Gasteiger partial charge in [-0.1, -0.05) is 29.3 Å². The molecule has 1 aromatic carbocycles. The van der Waals surface area contributed by atoms with Gasteiger partial charge in [0.2, 0.25) is 5.91 Å². The maximum atomic E-state index is 11.5. The van der Waals surface area contributed by atoms with Crippen LogP contribution in [0.1, 0.15) is 18.5 Å². The van der Waals surface area contributed by atoms with Crippen molar-refractivity contribution in [2.75, 3.05) is 6.54 Å². The molecule has 0 radical (unpaired) electrons. The molecule has 0 saturated carbocycles. The lowest BCUT2D eigenvalue weighted by molar-refractivity contribution is -0.149. The monoisotopic (exact) mass is 258 g/mol. The Morgan fingerprint density at radius 1 is 1.44 bits per heavy atom. The van der Waals surface area contributed by atoms with Crippen molar-refractivity contribution in [2.45, 2.75) is 19.0 Å². The molecule has 0 aliphatic carbocycles. The summed E-state index contributed by atoms with van der Waals surface area (Å²) < 4.78 is 0. The molecule has 1 amide bonds. The van der Waals surface area contributed by atoms with Crippen molar-refractivity contribution in [3.63, 3.8) is 0 Å². The maximum Gasteiger partial charge on any atom is 0.242 e. The Bertz CT molecular complexity index is 436. The summed E-state index contributed by atoms with van der Waals surface area (Å²) in [4.78, 5) is 13.2. The lowest BCUT2D eigenvalue weighted by atomic mass is 9.89. The van der Waals surface area contributed by atoms with E-state index in [1.165, 1.54) is 0 Å². The Labute approximate surface area is 104 Å². The first-order valence-corrected chi connectivity index (χ1v) is 5.83.